The van der Waals surface area contributed by atoms with Crippen molar-refractivity contribution in [2.75, 3.05) is 38.7 Å². The Hall–Kier alpha value is -2.07. The number of fused-ring (bicyclic) bond motifs is 1. The molecule has 0 saturated carbocycles. The molecule has 2 aromatic rings. The molecule has 2 saturated heterocycles. The van der Waals surface area contributed by atoms with Crippen LogP contribution in [-0.2, 0) is 0 Å². The van der Waals surface area contributed by atoms with E-state index in [-0.39, 0.29) is 0 Å². The zero-order valence-corrected chi connectivity index (χ0v) is 15.6. The number of rotatable bonds is 3. The molecule has 1 aromatic heterocycles. The van der Waals surface area contributed by atoms with E-state index in [1.54, 1.807) is 7.11 Å². The maximum Gasteiger partial charge on any atom is 0.163 e. The molecule has 25 heavy (non-hydrogen) atoms. The van der Waals surface area contributed by atoms with Gasteiger partial charge in [0.05, 0.1) is 18.5 Å². The molecular formula is C21H27N3O. The van der Waals surface area contributed by atoms with Gasteiger partial charge in [-0.05, 0) is 44.0 Å². The number of nitrogens with zero attached hydrogens (tertiary/aromatic N) is 3. The van der Waals surface area contributed by atoms with Crippen molar-refractivity contribution in [2.24, 2.45) is 11.8 Å². The van der Waals surface area contributed by atoms with Crippen LogP contribution >= 0.6 is 0 Å². The molecule has 1 aromatic carbocycles. The van der Waals surface area contributed by atoms with Crippen LogP contribution in [0.1, 0.15) is 22.9 Å². The number of aryl methyl sites for hydroxylation is 2. The molecule has 0 amide bonds. The molecule has 2 aliphatic rings. The van der Waals surface area contributed by atoms with E-state index >= 15 is 0 Å². The van der Waals surface area contributed by atoms with Gasteiger partial charge in [-0.25, -0.2) is 0 Å². The van der Waals surface area contributed by atoms with Gasteiger partial charge in [-0.3, -0.25) is 9.88 Å². The van der Waals surface area contributed by atoms with Gasteiger partial charge in [-0.1, -0.05) is 24.3 Å². The first-order valence-electron chi connectivity index (χ1n) is 9.10. The van der Waals surface area contributed by atoms with E-state index in [1.807, 2.05) is 13.1 Å². The molecule has 0 aliphatic carbocycles. The fraction of sp³-hybridized carbons (Fsp3) is 0.476. The van der Waals surface area contributed by atoms with E-state index in [1.165, 1.54) is 16.8 Å². The summed E-state index contributed by atoms with van der Waals surface area (Å²) >= 11 is 0. The molecule has 3 atom stereocenters. The van der Waals surface area contributed by atoms with E-state index in [4.69, 9.17) is 4.74 Å². The lowest BCUT2D eigenvalue weighted by Crippen LogP contribution is -2.29. The topological polar surface area (TPSA) is 28.6 Å². The quantitative estimate of drug-likeness (QED) is 0.858. The van der Waals surface area contributed by atoms with Crippen LogP contribution in [-0.4, -0.2) is 43.7 Å². The van der Waals surface area contributed by atoms with Gasteiger partial charge in [0.25, 0.3) is 0 Å². The molecule has 0 unspecified atom stereocenters. The molecule has 0 spiro atoms. The van der Waals surface area contributed by atoms with Crippen molar-refractivity contribution in [3.8, 4) is 5.75 Å². The molecule has 3 heterocycles. The summed E-state index contributed by atoms with van der Waals surface area (Å²) in [5, 5.41) is 0. The summed E-state index contributed by atoms with van der Waals surface area (Å²) in [7, 11) is 4.02. The molecule has 2 aliphatic heterocycles. The Morgan fingerprint density at radius 2 is 1.88 bits per heavy atom. The SMILES string of the molecule is COc1c(N2C[C@@H]3CN(C)[C@H](c4ccccc4C)[C@@H]3C2)ccnc1C. The number of ether oxygens (including phenoxy) is 1. The van der Waals surface area contributed by atoms with Crippen molar-refractivity contribution >= 4 is 5.69 Å². The lowest BCUT2D eigenvalue weighted by atomic mass is 9.88. The summed E-state index contributed by atoms with van der Waals surface area (Å²) < 4.78 is 5.65. The third kappa shape index (κ3) is 2.69. The summed E-state index contributed by atoms with van der Waals surface area (Å²) in [5.41, 5.74) is 5.04. The molecular weight excluding hydrogens is 310 g/mol. The van der Waals surface area contributed by atoms with E-state index < -0.39 is 0 Å². The van der Waals surface area contributed by atoms with Gasteiger partial charge in [0.15, 0.2) is 5.75 Å². The van der Waals surface area contributed by atoms with Crippen molar-refractivity contribution in [3.05, 3.63) is 53.3 Å². The molecule has 4 rings (SSSR count). The standard InChI is InChI=1S/C21H27N3O/c1-14-7-5-6-8-17(14)20-18-13-24(12-16(18)11-23(20)3)19-9-10-22-15(2)21(19)25-4/h5-10,16,18,20H,11-13H2,1-4H3/t16-,18+,20+/m0/s1. The number of pyridine rings is 1. The van der Waals surface area contributed by atoms with Gasteiger partial charge < -0.3 is 9.64 Å². The zero-order valence-electron chi connectivity index (χ0n) is 15.6. The Labute approximate surface area is 150 Å². The third-order valence-corrected chi connectivity index (χ3v) is 6.01. The summed E-state index contributed by atoms with van der Waals surface area (Å²) in [5.74, 6) is 2.28. The number of hydrogen-bond acceptors (Lipinski definition) is 4. The number of hydrogen-bond donors (Lipinski definition) is 0. The van der Waals surface area contributed by atoms with Gasteiger partial charge in [-0.2, -0.15) is 0 Å². The molecule has 2 fully saturated rings. The maximum atomic E-state index is 5.65. The van der Waals surface area contributed by atoms with Gasteiger partial charge in [0.2, 0.25) is 0 Å². The largest absolute Gasteiger partial charge is 0.493 e. The van der Waals surface area contributed by atoms with Crippen molar-refractivity contribution in [1.82, 2.24) is 9.88 Å². The molecule has 132 valence electrons. The minimum atomic E-state index is 0.505. The summed E-state index contributed by atoms with van der Waals surface area (Å²) in [6.07, 6.45) is 1.90. The van der Waals surface area contributed by atoms with Crippen LogP contribution in [0.2, 0.25) is 0 Å². The molecule has 4 heteroatoms. The van der Waals surface area contributed by atoms with Gasteiger partial charge >= 0.3 is 0 Å². The van der Waals surface area contributed by atoms with Gasteiger partial charge in [-0.15, -0.1) is 0 Å². The minimum absolute atomic E-state index is 0.505. The number of anilines is 1. The zero-order chi connectivity index (χ0) is 17.6. The van der Waals surface area contributed by atoms with E-state index in [0.29, 0.717) is 17.9 Å². The van der Waals surface area contributed by atoms with Crippen LogP contribution in [0, 0.1) is 25.7 Å². The van der Waals surface area contributed by atoms with E-state index in [0.717, 1.165) is 31.1 Å². The number of aromatic nitrogens is 1. The van der Waals surface area contributed by atoms with Crippen molar-refractivity contribution in [1.29, 1.82) is 0 Å². The average Bonchev–Trinajstić information content (AvgIpc) is 3.12. The monoisotopic (exact) mass is 337 g/mol. The predicted octanol–water partition coefficient (Wildman–Crippen LogP) is 3.45. The van der Waals surface area contributed by atoms with Crippen LogP contribution in [0.25, 0.3) is 0 Å². The second-order valence-corrected chi connectivity index (χ2v) is 7.52. The lowest BCUT2D eigenvalue weighted by molar-refractivity contribution is 0.278. The van der Waals surface area contributed by atoms with Crippen LogP contribution in [0.3, 0.4) is 0 Å². The Bertz CT molecular complexity index is 775. The second kappa shape index (κ2) is 6.34. The molecule has 4 nitrogen and oxygen atoms in total. The highest BCUT2D eigenvalue weighted by Gasteiger charge is 2.46. The Morgan fingerprint density at radius 3 is 2.64 bits per heavy atom. The van der Waals surface area contributed by atoms with Gasteiger partial charge in [0, 0.05) is 37.8 Å². The first kappa shape index (κ1) is 16.4. The average molecular weight is 337 g/mol. The van der Waals surface area contributed by atoms with E-state index in [2.05, 4.69) is 59.1 Å². The summed E-state index contributed by atoms with van der Waals surface area (Å²) in [4.78, 5) is 9.43. The summed E-state index contributed by atoms with van der Waals surface area (Å²) in [6.45, 7) is 7.58. The first-order valence-corrected chi connectivity index (χ1v) is 9.10. The normalized spacial score (nSPS) is 26.1. The Kier molecular flexibility index (Phi) is 4.16. The first-order chi connectivity index (χ1) is 12.1. The van der Waals surface area contributed by atoms with E-state index in [9.17, 15) is 0 Å². The third-order valence-electron chi connectivity index (χ3n) is 6.01. The number of benzene rings is 1. The minimum Gasteiger partial charge on any atom is -0.493 e. The van der Waals surface area contributed by atoms with Gasteiger partial charge in [0.1, 0.15) is 0 Å². The molecule has 0 bridgehead atoms. The van der Waals surface area contributed by atoms with Crippen molar-refractivity contribution in [2.45, 2.75) is 19.9 Å². The fourth-order valence-electron chi connectivity index (χ4n) is 4.88. The highest BCUT2D eigenvalue weighted by molar-refractivity contribution is 5.60. The smallest absolute Gasteiger partial charge is 0.163 e. The second-order valence-electron chi connectivity index (χ2n) is 7.52. The Morgan fingerprint density at radius 1 is 1.08 bits per heavy atom. The predicted molar refractivity (Wildman–Crippen MR) is 101 cm³/mol. The van der Waals surface area contributed by atoms with Crippen molar-refractivity contribution in [3.63, 3.8) is 0 Å². The van der Waals surface area contributed by atoms with Crippen LogP contribution in [0.5, 0.6) is 5.75 Å². The highest BCUT2D eigenvalue weighted by Crippen LogP contribution is 2.47. The van der Waals surface area contributed by atoms with Crippen LogP contribution in [0.15, 0.2) is 36.5 Å². The highest BCUT2D eigenvalue weighted by atomic mass is 16.5. The van der Waals surface area contributed by atoms with Crippen LogP contribution < -0.4 is 9.64 Å². The number of methoxy groups -OCH3 is 1. The molecule has 0 N–H and O–H groups in total. The number of likely N-dealkylation sites (tertiary alicyclic amines) is 1. The molecule has 0 radical (unpaired) electrons. The summed E-state index contributed by atoms with van der Waals surface area (Å²) in [6, 6.07) is 11.4. The maximum absolute atomic E-state index is 5.65. The van der Waals surface area contributed by atoms with Crippen molar-refractivity contribution < 1.29 is 4.74 Å². The fourth-order valence-corrected chi connectivity index (χ4v) is 4.88. The van der Waals surface area contributed by atoms with Crippen LogP contribution in [0.4, 0.5) is 5.69 Å². The lowest BCUT2D eigenvalue weighted by Gasteiger charge is -2.29. The Balaban J connectivity index is 1.64.